The van der Waals surface area contributed by atoms with Gasteiger partial charge in [0.1, 0.15) is 5.82 Å². The predicted octanol–water partition coefficient (Wildman–Crippen LogP) is 3.43. The van der Waals surface area contributed by atoms with Crippen molar-refractivity contribution >= 4 is 22.5 Å². The molecule has 1 atom stereocenters. The Hall–Kier alpha value is -1.35. The molecular weight excluding hydrogens is 260 g/mol. The number of alkyl halides is 1. The highest BCUT2D eigenvalue weighted by Gasteiger charge is 2.14. The smallest absolute Gasteiger partial charge is 0.261 e. The molecule has 3 nitrogen and oxygen atoms in total. The van der Waals surface area contributed by atoms with Crippen LogP contribution in [-0.4, -0.2) is 9.55 Å². The molecule has 0 N–H and O–H groups in total. The summed E-state index contributed by atoms with van der Waals surface area (Å²) in [6.45, 7) is 7.12. The lowest BCUT2D eigenvalue weighted by Gasteiger charge is -2.19. The third-order valence-electron chi connectivity index (χ3n) is 3.67. The highest BCUT2D eigenvalue weighted by Crippen LogP contribution is 2.15. The van der Waals surface area contributed by atoms with E-state index in [9.17, 15) is 4.79 Å². The molecule has 0 saturated carbocycles. The summed E-state index contributed by atoms with van der Waals surface area (Å²) >= 11 is 5.95. The maximum Gasteiger partial charge on any atom is 0.261 e. The first-order valence-corrected chi connectivity index (χ1v) is 7.12. The number of rotatable bonds is 4. The van der Waals surface area contributed by atoms with E-state index < -0.39 is 0 Å². The van der Waals surface area contributed by atoms with Gasteiger partial charge in [0, 0.05) is 6.54 Å². The average molecular weight is 279 g/mol. The summed E-state index contributed by atoms with van der Waals surface area (Å²) in [7, 11) is 0. The monoisotopic (exact) mass is 278 g/mol. The van der Waals surface area contributed by atoms with Crippen molar-refractivity contribution in [2.75, 3.05) is 0 Å². The topological polar surface area (TPSA) is 34.9 Å². The third kappa shape index (κ3) is 2.81. The van der Waals surface area contributed by atoms with Gasteiger partial charge >= 0.3 is 0 Å². The van der Waals surface area contributed by atoms with Gasteiger partial charge in [0.05, 0.1) is 16.8 Å². The predicted molar refractivity (Wildman–Crippen MR) is 79.6 cm³/mol. The van der Waals surface area contributed by atoms with Crippen LogP contribution < -0.4 is 5.56 Å². The van der Waals surface area contributed by atoms with E-state index >= 15 is 0 Å². The van der Waals surface area contributed by atoms with E-state index in [2.05, 4.69) is 25.8 Å². The largest absolute Gasteiger partial charge is 0.295 e. The van der Waals surface area contributed by atoms with Crippen molar-refractivity contribution in [3.8, 4) is 0 Å². The van der Waals surface area contributed by atoms with Gasteiger partial charge in [-0.25, -0.2) is 4.98 Å². The molecule has 0 aliphatic rings. The fourth-order valence-corrected chi connectivity index (χ4v) is 2.21. The zero-order chi connectivity index (χ0) is 14.0. The molecule has 1 aromatic heterocycles. The molecule has 19 heavy (non-hydrogen) atoms. The van der Waals surface area contributed by atoms with Crippen LogP contribution >= 0.6 is 11.6 Å². The Morgan fingerprint density at radius 1 is 1.26 bits per heavy atom. The summed E-state index contributed by atoms with van der Waals surface area (Å²) in [5.74, 6) is 1.83. The number of fused-ring (bicyclic) bond motifs is 1. The zero-order valence-electron chi connectivity index (χ0n) is 11.6. The maximum absolute atomic E-state index is 12.5. The quantitative estimate of drug-likeness (QED) is 0.803. The summed E-state index contributed by atoms with van der Waals surface area (Å²) in [6.07, 6.45) is 0. The van der Waals surface area contributed by atoms with E-state index in [0.29, 0.717) is 29.6 Å². The number of halogens is 1. The molecule has 0 amide bonds. The van der Waals surface area contributed by atoms with Crippen LogP contribution in [-0.2, 0) is 12.4 Å². The van der Waals surface area contributed by atoms with Crippen LogP contribution in [0.1, 0.15) is 26.6 Å². The lowest BCUT2D eigenvalue weighted by atomic mass is 9.98. The molecule has 0 radical (unpaired) electrons. The second-order valence-electron chi connectivity index (χ2n) is 5.32. The van der Waals surface area contributed by atoms with E-state index in [1.807, 2.05) is 24.3 Å². The first-order chi connectivity index (χ1) is 9.04. The summed E-state index contributed by atoms with van der Waals surface area (Å²) in [5, 5.41) is 0.660. The first kappa shape index (κ1) is 14.1. The molecule has 0 aliphatic carbocycles. The molecule has 0 bridgehead atoms. The van der Waals surface area contributed by atoms with Crippen molar-refractivity contribution in [1.29, 1.82) is 0 Å². The minimum absolute atomic E-state index is 0.00810. The van der Waals surface area contributed by atoms with Crippen molar-refractivity contribution in [2.24, 2.45) is 11.8 Å². The van der Waals surface area contributed by atoms with E-state index in [0.717, 1.165) is 5.52 Å². The highest BCUT2D eigenvalue weighted by molar-refractivity contribution is 6.16. The molecule has 0 saturated heterocycles. The van der Waals surface area contributed by atoms with Gasteiger partial charge in [-0.1, -0.05) is 32.9 Å². The number of hydrogen-bond acceptors (Lipinski definition) is 2. The normalized spacial score (nSPS) is 13.1. The SMILES string of the molecule is CC(C)C(C)Cn1c(CCl)nc2ccccc2c1=O. The molecule has 0 fully saturated rings. The molecular formula is C15H19ClN2O. The van der Waals surface area contributed by atoms with Gasteiger partial charge in [-0.05, 0) is 24.0 Å². The third-order valence-corrected chi connectivity index (χ3v) is 3.91. The summed E-state index contributed by atoms with van der Waals surface area (Å²) in [5.41, 5.74) is 0.727. The van der Waals surface area contributed by atoms with Crippen LogP contribution in [0.2, 0.25) is 0 Å². The lowest BCUT2D eigenvalue weighted by molar-refractivity contribution is 0.355. The Bertz CT molecular complexity index is 634. The van der Waals surface area contributed by atoms with Gasteiger partial charge in [0.2, 0.25) is 0 Å². The molecule has 1 unspecified atom stereocenters. The van der Waals surface area contributed by atoms with Crippen molar-refractivity contribution in [2.45, 2.75) is 33.2 Å². The van der Waals surface area contributed by atoms with Gasteiger partial charge in [0.15, 0.2) is 0 Å². The Morgan fingerprint density at radius 2 is 1.95 bits per heavy atom. The molecule has 0 aliphatic heterocycles. The van der Waals surface area contributed by atoms with Crippen LogP contribution in [0.25, 0.3) is 10.9 Å². The van der Waals surface area contributed by atoms with Gasteiger partial charge in [0.25, 0.3) is 5.56 Å². The van der Waals surface area contributed by atoms with Gasteiger partial charge < -0.3 is 0 Å². The minimum atomic E-state index is 0.00810. The number of hydrogen-bond donors (Lipinski definition) is 0. The summed E-state index contributed by atoms with van der Waals surface area (Å²) < 4.78 is 1.72. The van der Waals surface area contributed by atoms with Crippen LogP contribution in [0, 0.1) is 11.8 Å². The second-order valence-corrected chi connectivity index (χ2v) is 5.58. The van der Waals surface area contributed by atoms with Gasteiger partial charge in [-0.15, -0.1) is 11.6 Å². The van der Waals surface area contributed by atoms with Gasteiger partial charge in [-0.3, -0.25) is 9.36 Å². The number of para-hydroxylation sites is 1. The van der Waals surface area contributed by atoms with Crippen LogP contribution in [0.3, 0.4) is 0 Å². The van der Waals surface area contributed by atoms with E-state index in [4.69, 9.17) is 11.6 Å². The molecule has 1 heterocycles. The number of aromatic nitrogens is 2. The molecule has 2 rings (SSSR count). The van der Waals surface area contributed by atoms with E-state index in [1.54, 1.807) is 4.57 Å². The lowest BCUT2D eigenvalue weighted by Crippen LogP contribution is -2.28. The average Bonchev–Trinajstić information content (AvgIpc) is 2.41. The molecule has 0 spiro atoms. The van der Waals surface area contributed by atoms with Crippen molar-refractivity contribution in [3.63, 3.8) is 0 Å². The Balaban J connectivity index is 2.58. The number of nitrogens with zero attached hydrogens (tertiary/aromatic N) is 2. The Morgan fingerprint density at radius 3 is 2.58 bits per heavy atom. The van der Waals surface area contributed by atoms with Crippen molar-refractivity contribution < 1.29 is 0 Å². The van der Waals surface area contributed by atoms with E-state index in [-0.39, 0.29) is 11.4 Å². The number of benzene rings is 1. The molecule has 4 heteroatoms. The highest BCUT2D eigenvalue weighted by atomic mass is 35.5. The minimum Gasteiger partial charge on any atom is -0.295 e. The van der Waals surface area contributed by atoms with Gasteiger partial charge in [-0.2, -0.15) is 0 Å². The van der Waals surface area contributed by atoms with Crippen LogP contribution in [0.5, 0.6) is 0 Å². The van der Waals surface area contributed by atoms with Crippen LogP contribution in [0.4, 0.5) is 0 Å². The fourth-order valence-electron chi connectivity index (χ4n) is 2.00. The molecule has 102 valence electrons. The maximum atomic E-state index is 12.5. The standard InChI is InChI=1S/C15H19ClN2O/c1-10(2)11(3)9-18-14(8-16)17-13-7-5-4-6-12(13)15(18)19/h4-7,10-11H,8-9H2,1-3H3. The summed E-state index contributed by atoms with van der Waals surface area (Å²) in [6, 6.07) is 7.41. The Kier molecular flexibility index (Phi) is 4.25. The van der Waals surface area contributed by atoms with Crippen LogP contribution in [0.15, 0.2) is 29.1 Å². The molecule has 2 aromatic rings. The zero-order valence-corrected chi connectivity index (χ0v) is 12.3. The van der Waals surface area contributed by atoms with Crippen molar-refractivity contribution in [3.05, 3.63) is 40.4 Å². The molecule has 1 aromatic carbocycles. The Labute approximate surface area is 118 Å². The van der Waals surface area contributed by atoms with E-state index in [1.165, 1.54) is 0 Å². The second kappa shape index (κ2) is 5.74. The first-order valence-electron chi connectivity index (χ1n) is 6.59. The summed E-state index contributed by atoms with van der Waals surface area (Å²) in [4.78, 5) is 17.0. The fraction of sp³-hybridized carbons (Fsp3) is 0.467. The van der Waals surface area contributed by atoms with Crippen molar-refractivity contribution in [1.82, 2.24) is 9.55 Å².